The van der Waals surface area contributed by atoms with Gasteiger partial charge in [-0.25, -0.2) is 0 Å². The predicted molar refractivity (Wildman–Crippen MR) is 91.1 cm³/mol. The van der Waals surface area contributed by atoms with Crippen molar-refractivity contribution >= 4 is 39.1 Å². The lowest BCUT2D eigenvalue weighted by molar-refractivity contribution is 0.0993. The topological polar surface area (TPSA) is 17.1 Å². The standard InChI is InChI=1S/C18H13IO/c19-17-7-3-6-16(12-17)18(20)11-13-8-9-14-4-1-2-5-15(14)10-13/h1-10,12H,11H2. The van der Waals surface area contributed by atoms with Crippen LogP contribution in [0.3, 0.4) is 0 Å². The number of hydrogen-bond acceptors (Lipinski definition) is 1. The minimum absolute atomic E-state index is 0.166. The second-order valence-electron chi connectivity index (χ2n) is 4.79. The van der Waals surface area contributed by atoms with Gasteiger partial charge in [0, 0.05) is 15.6 Å². The Kier molecular flexibility index (Phi) is 3.83. The van der Waals surface area contributed by atoms with Gasteiger partial charge in [-0.2, -0.15) is 0 Å². The van der Waals surface area contributed by atoms with E-state index in [0.717, 1.165) is 14.7 Å². The Morgan fingerprint density at radius 1 is 0.850 bits per heavy atom. The number of Topliss-reactive ketones (excluding diaryl/α,β-unsaturated/α-hetero) is 1. The monoisotopic (exact) mass is 372 g/mol. The summed E-state index contributed by atoms with van der Waals surface area (Å²) in [6.45, 7) is 0. The second-order valence-corrected chi connectivity index (χ2v) is 6.04. The van der Waals surface area contributed by atoms with Gasteiger partial charge in [-0.05, 0) is 51.1 Å². The molecular formula is C18H13IO. The van der Waals surface area contributed by atoms with Crippen molar-refractivity contribution in [2.45, 2.75) is 6.42 Å². The maximum Gasteiger partial charge on any atom is 0.167 e. The van der Waals surface area contributed by atoms with E-state index in [1.807, 2.05) is 42.5 Å². The molecule has 1 nitrogen and oxygen atoms in total. The zero-order valence-electron chi connectivity index (χ0n) is 10.8. The first-order chi connectivity index (χ1) is 9.72. The largest absolute Gasteiger partial charge is 0.294 e. The fourth-order valence-electron chi connectivity index (χ4n) is 2.30. The number of ketones is 1. The molecule has 3 rings (SSSR count). The van der Waals surface area contributed by atoms with Crippen LogP contribution in [0.25, 0.3) is 10.8 Å². The van der Waals surface area contributed by atoms with Gasteiger partial charge >= 0.3 is 0 Å². The normalized spacial score (nSPS) is 10.7. The molecule has 0 saturated heterocycles. The number of carbonyl (C=O) groups is 1. The molecule has 2 heteroatoms. The lowest BCUT2D eigenvalue weighted by Crippen LogP contribution is -2.03. The fraction of sp³-hybridized carbons (Fsp3) is 0.0556. The minimum atomic E-state index is 0.166. The summed E-state index contributed by atoms with van der Waals surface area (Å²) in [7, 11) is 0. The summed E-state index contributed by atoms with van der Waals surface area (Å²) < 4.78 is 1.09. The summed E-state index contributed by atoms with van der Waals surface area (Å²) >= 11 is 2.23. The summed E-state index contributed by atoms with van der Waals surface area (Å²) in [5, 5.41) is 2.39. The number of benzene rings is 3. The Bertz CT molecular complexity index is 777. The van der Waals surface area contributed by atoms with Crippen molar-refractivity contribution in [3.63, 3.8) is 0 Å². The molecule has 0 N–H and O–H groups in total. The van der Waals surface area contributed by atoms with E-state index in [2.05, 4.69) is 46.9 Å². The molecule has 0 radical (unpaired) electrons. The Morgan fingerprint density at radius 3 is 2.45 bits per heavy atom. The minimum Gasteiger partial charge on any atom is -0.294 e. The van der Waals surface area contributed by atoms with Crippen LogP contribution in [0.5, 0.6) is 0 Å². The van der Waals surface area contributed by atoms with Crippen molar-refractivity contribution in [1.29, 1.82) is 0 Å². The van der Waals surface area contributed by atoms with Crippen LogP contribution in [0, 0.1) is 3.57 Å². The number of rotatable bonds is 3. The zero-order valence-corrected chi connectivity index (χ0v) is 13.0. The SMILES string of the molecule is O=C(Cc1ccc2ccccc2c1)c1cccc(I)c1. The highest BCUT2D eigenvalue weighted by atomic mass is 127. The molecule has 0 spiro atoms. The molecule has 0 atom stereocenters. The quantitative estimate of drug-likeness (QED) is 0.474. The number of carbonyl (C=O) groups excluding carboxylic acids is 1. The predicted octanol–water partition coefficient (Wildman–Crippen LogP) is 4.87. The van der Waals surface area contributed by atoms with Crippen molar-refractivity contribution in [2.24, 2.45) is 0 Å². The average Bonchev–Trinajstić information content (AvgIpc) is 2.47. The molecule has 0 aromatic heterocycles. The highest BCUT2D eigenvalue weighted by molar-refractivity contribution is 14.1. The van der Waals surface area contributed by atoms with E-state index in [0.29, 0.717) is 6.42 Å². The first-order valence-electron chi connectivity index (χ1n) is 6.49. The molecule has 0 fully saturated rings. The highest BCUT2D eigenvalue weighted by Crippen LogP contribution is 2.17. The van der Waals surface area contributed by atoms with Crippen molar-refractivity contribution in [3.05, 3.63) is 81.4 Å². The molecule has 0 heterocycles. The lowest BCUT2D eigenvalue weighted by atomic mass is 10.0. The van der Waals surface area contributed by atoms with Gasteiger partial charge in [-0.3, -0.25) is 4.79 Å². The van der Waals surface area contributed by atoms with Crippen LogP contribution in [-0.4, -0.2) is 5.78 Å². The molecule has 3 aromatic rings. The van der Waals surface area contributed by atoms with Crippen LogP contribution >= 0.6 is 22.6 Å². The molecule has 0 saturated carbocycles. The van der Waals surface area contributed by atoms with E-state index in [1.165, 1.54) is 10.8 Å². The van der Waals surface area contributed by atoms with Crippen molar-refractivity contribution in [3.8, 4) is 0 Å². The Balaban J connectivity index is 1.87. The summed E-state index contributed by atoms with van der Waals surface area (Å²) in [4.78, 5) is 12.3. The molecule has 3 aromatic carbocycles. The summed E-state index contributed by atoms with van der Waals surface area (Å²) in [5.41, 5.74) is 1.85. The molecule has 98 valence electrons. The number of fused-ring (bicyclic) bond motifs is 1. The highest BCUT2D eigenvalue weighted by Gasteiger charge is 2.07. The van der Waals surface area contributed by atoms with E-state index >= 15 is 0 Å². The van der Waals surface area contributed by atoms with Crippen LogP contribution < -0.4 is 0 Å². The summed E-state index contributed by atoms with van der Waals surface area (Å²) in [5.74, 6) is 0.166. The molecular weight excluding hydrogens is 359 g/mol. The van der Waals surface area contributed by atoms with Gasteiger partial charge in [0.1, 0.15) is 0 Å². The van der Waals surface area contributed by atoms with Gasteiger partial charge in [0.05, 0.1) is 0 Å². The third-order valence-electron chi connectivity index (χ3n) is 3.33. The molecule has 0 bridgehead atoms. The molecule has 0 aliphatic carbocycles. The molecule has 0 amide bonds. The molecule has 0 aliphatic rings. The zero-order chi connectivity index (χ0) is 13.9. The number of hydrogen-bond donors (Lipinski definition) is 0. The average molecular weight is 372 g/mol. The van der Waals surface area contributed by atoms with Crippen molar-refractivity contribution in [1.82, 2.24) is 0 Å². The van der Waals surface area contributed by atoms with Gasteiger partial charge in [-0.1, -0.05) is 54.6 Å². The van der Waals surface area contributed by atoms with Crippen LogP contribution in [0.4, 0.5) is 0 Å². The van der Waals surface area contributed by atoms with E-state index in [-0.39, 0.29) is 5.78 Å². The van der Waals surface area contributed by atoms with E-state index in [1.54, 1.807) is 0 Å². The second kappa shape index (κ2) is 5.75. The van der Waals surface area contributed by atoms with Gasteiger partial charge in [0.15, 0.2) is 5.78 Å². The summed E-state index contributed by atoms with van der Waals surface area (Å²) in [6.07, 6.45) is 0.449. The maximum atomic E-state index is 12.3. The summed E-state index contributed by atoms with van der Waals surface area (Å²) in [6, 6.07) is 22.2. The Morgan fingerprint density at radius 2 is 1.65 bits per heavy atom. The smallest absolute Gasteiger partial charge is 0.167 e. The number of halogens is 1. The Labute approximate surface area is 131 Å². The molecule has 20 heavy (non-hydrogen) atoms. The van der Waals surface area contributed by atoms with Crippen molar-refractivity contribution in [2.75, 3.05) is 0 Å². The van der Waals surface area contributed by atoms with Gasteiger partial charge in [0.2, 0.25) is 0 Å². The van der Waals surface area contributed by atoms with E-state index < -0.39 is 0 Å². The molecule has 0 aliphatic heterocycles. The van der Waals surface area contributed by atoms with Crippen LogP contribution in [0.15, 0.2) is 66.7 Å². The lowest BCUT2D eigenvalue weighted by Gasteiger charge is -2.04. The van der Waals surface area contributed by atoms with Crippen LogP contribution in [0.2, 0.25) is 0 Å². The fourth-order valence-corrected chi connectivity index (χ4v) is 2.84. The van der Waals surface area contributed by atoms with Crippen LogP contribution in [0.1, 0.15) is 15.9 Å². The van der Waals surface area contributed by atoms with Crippen molar-refractivity contribution < 1.29 is 4.79 Å². The van der Waals surface area contributed by atoms with Gasteiger partial charge in [-0.15, -0.1) is 0 Å². The third-order valence-corrected chi connectivity index (χ3v) is 4.00. The maximum absolute atomic E-state index is 12.3. The van der Waals surface area contributed by atoms with E-state index in [9.17, 15) is 4.79 Å². The van der Waals surface area contributed by atoms with Crippen LogP contribution in [-0.2, 0) is 6.42 Å². The Hall–Kier alpha value is -1.68. The van der Waals surface area contributed by atoms with Gasteiger partial charge < -0.3 is 0 Å². The first kappa shape index (κ1) is 13.3. The van der Waals surface area contributed by atoms with Gasteiger partial charge in [0.25, 0.3) is 0 Å². The first-order valence-corrected chi connectivity index (χ1v) is 7.57. The third kappa shape index (κ3) is 2.90. The molecule has 0 unspecified atom stereocenters. The van der Waals surface area contributed by atoms with E-state index in [4.69, 9.17) is 0 Å².